The van der Waals surface area contributed by atoms with Gasteiger partial charge in [-0.3, -0.25) is 4.79 Å². The number of nitrogens with zero attached hydrogens (tertiary/aromatic N) is 1. The van der Waals surface area contributed by atoms with Gasteiger partial charge in [-0.15, -0.1) is 11.6 Å². The number of likely N-dealkylation sites (N-methyl/N-ethyl adjacent to an activating group) is 1. The first-order valence-corrected chi connectivity index (χ1v) is 9.87. The first kappa shape index (κ1) is 18.5. The zero-order valence-corrected chi connectivity index (χ0v) is 15.9. The van der Waals surface area contributed by atoms with Gasteiger partial charge in [0.1, 0.15) is 0 Å². The number of carbonyl (C=O) groups excluding carboxylic acids is 1. The lowest BCUT2D eigenvalue weighted by atomic mass is 9.75. The molecule has 136 valence electrons. The summed E-state index contributed by atoms with van der Waals surface area (Å²) in [6.45, 7) is 2.62. The van der Waals surface area contributed by atoms with Crippen molar-refractivity contribution in [3.8, 4) is 0 Å². The van der Waals surface area contributed by atoms with Crippen molar-refractivity contribution in [1.29, 1.82) is 0 Å². The Hall–Kier alpha value is -1.32. The number of amides is 1. The van der Waals surface area contributed by atoms with E-state index in [1.54, 1.807) is 0 Å². The molecule has 2 aliphatic rings. The Balaban J connectivity index is 1.75. The molecule has 1 fully saturated rings. The summed E-state index contributed by atoms with van der Waals surface area (Å²) in [6.07, 6.45) is 8.87. The van der Waals surface area contributed by atoms with Crippen LogP contribution in [-0.2, 0) is 9.67 Å². The number of alkyl halides is 1. The molecule has 1 aromatic carbocycles. The molecule has 1 unspecified atom stereocenters. The third kappa shape index (κ3) is 4.27. The lowest BCUT2D eigenvalue weighted by Crippen LogP contribution is -2.47. The SMILES string of the molecule is CN1CC=C(CNC(=O)C(Cl)(c2ccccc2)C2CCCCC2)CC1. The van der Waals surface area contributed by atoms with E-state index >= 15 is 0 Å². The Morgan fingerprint density at radius 1 is 1.24 bits per heavy atom. The third-order valence-electron chi connectivity index (χ3n) is 5.67. The molecule has 3 rings (SSSR count). The average Bonchev–Trinajstić information content (AvgIpc) is 2.68. The zero-order valence-electron chi connectivity index (χ0n) is 15.1. The summed E-state index contributed by atoms with van der Waals surface area (Å²) >= 11 is 7.10. The van der Waals surface area contributed by atoms with E-state index in [9.17, 15) is 4.79 Å². The molecule has 3 nitrogen and oxygen atoms in total. The highest BCUT2D eigenvalue weighted by atomic mass is 35.5. The van der Waals surface area contributed by atoms with Crippen LogP contribution in [0, 0.1) is 5.92 Å². The Kier molecular flexibility index (Phi) is 6.19. The smallest absolute Gasteiger partial charge is 0.246 e. The zero-order chi connectivity index (χ0) is 17.7. The maximum Gasteiger partial charge on any atom is 0.246 e. The molecule has 1 amide bonds. The standard InChI is InChI=1S/C21H29ClN2O/c1-24-14-12-17(13-15-24)16-23-20(25)21(22,18-8-4-2-5-9-18)19-10-6-3-7-11-19/h2,4-5,8-9,12,19H,3,6-7,10-11,13-16H2,1H3,(H,23,25). The minimum absolute atomic E-state index is 0.0351. The summed E-state index contributed by atoms with van der Waals surface area (Å²) < 4.78 is 0. The summed E-state index contributed by atoms with van der Waals surface area (Å²) in [5, 5.41) is 3.15. The van der Waals surface area contributed by atoms with Gasteiger partial charge in [0.2, 0.25) is 5.91 Å². The van der Waals surface area contributed by atoms with Crippen molar-refractivity contribution in [3.05, 3.63) is 47.5 Å². The van der Waals surface area contributed by atoms with Crippen molar-refractivity contribution < 1.29 is 4.79 Å². The molecule has 0 saturated heterocycles. The second-order valence-corrected chi connectivity index (χ2v) is 8.07. The number of carbonyl (C=O) groups is 1. The lowest BCUT2D eigenvalue weighted by molar-refractivity contribution is -0.125. The van der Waals surface area contributed by atoms with Gasteiger partial charge in [0.25, 0.3) is 0 Å². The number of hydrogen-bond acceptors (Lipinski definition) is 2. The second-order valence-electron chi connectivity index (χ2n) is 7.47. The number of hydrogen-bond donors (Lipinski definition) is 1. The monoisotopic (exact) mass is 360 g/mol. The van der Waals surface area contributed by atoms with Gasteiger partial charge < -0.3 is 10.2 Å². The minimum Gasteiger partial charge on any atom is -0.351 e. The summed E-state index contributed by atoms with van der Waals surface area (Å²) in [7, 11) is 2.12. The quantitative estimate of drug-likeness (QED) is 0.634. The fourth-order valence-corrected chi connectivity index (χ4v) is 4.44. The van der Waals surface area contributed by atoms with Gasteiger partial charge in [-0.2, -0.15) is 0 Å². The van der Waals surface area contributed by atoms with Crippen LogP contribution in [0.15, 0.2) is 42.0 Å². The van der Waals surface area contributed by atoms with E-state index in [2.05, 4.69) is 23.3 Å². The van der Waals surface area contributed by atoms with E-state index in [-0.39, 0.29) is 11.8 Å². The fourth-order valence-electron chi connectivity index (χ4n) is 4.03. The maximum atomic E-state index is 13.2. The van der Waals surface area contributed by atoms with Gasteiger partial charge in [0.05, 0.1) is 0 Å². The van der Waals surface area contributed by atoms with Crippen LogP contribution in [0.25, 0.3) is 0 Å². The normalized spacial score (nSPS) is 22.1. The predicted molar refractivity (Wildman–Crippen MR) is 104 cm³/mol. The van der Waals surface area contributed by atoms with Crippen molar-refractivity contribution in [1.82, 2.24) is 10.2 Å². The van der Waals surface area contributed by atoms with Crippen molar-refractivity contribution in [3.63, 3.8) is 0 Å². The largest absolute Gasteiger partial charge is 0.351 e. The first-order valence-electron chi connectivity index (χ1n) is 9.50. The maximum absolute atomic E-state index is 13.2. The molecule has 1 saturated carbocycles. The lowest BCUT2D eigenvalue weighted by Gasteiger charge is -2.37. The summed E-state index contributed by atoms with van der Waals surface area (Å²) in [5.74, 6) is 0.170. The number of rotatable bonds is 5. The molecular formula is C21H29ClN2O. The molecule has 1 aromatic rings. The fraction of sp³-hybridized carbons (Fsp3) is 0.571. The molecule has 0 spiro atoms. The van der Waals surface area contributed by atoms with Crippen molar-refractivity contribution >= 4 is 17.5 Å². The van der Waals surface area contributed by atoms with Gasteiger partial charge in [-0.25, -0.2) is 0 Å². The third-order valence-corrected chi connectivity index (χ3v) is 6.37. The molecule has 1 N–H and O–H groups in total. The van der Waals surface area contributed by atoms with Crippen LogP contribution in [0.5, 0.6) is 0 Å². The van der Waals surface area contributed by atoms with E-state index in [1.165, 1.54) is 12.0 Å². The number of benzene rings is 1. The van der Waals surface area contributed by atoms with Crippen molar-refractivity contribution in [2.24, 2.45) is 5.92 Å². The van der Waals surface area contributed by atoms with Gasteiger partial charge in [-0.05, 0) is 37.8 Å². The van der Waals surface area contributed by atoms with Crippen LogP contribution in [-0.4, -0.2) is 37.5 Å². The molecule has 1 atom stereocenters. The van der Waals surface area contributed by atoms with E-state index in [4.69, 9.17) is 11.6 Å². The van der Waals surface area contributed by atoms with E-state index in [1.807, 2.05) is 30.3 Å². The highest BCUT2D eigenvalue weighted by molar-refractivity contribution is 6.35. The molecule has 0 radical (unpaired) electrons. The summed E-state index contributed by atoms with van der Waals surface area (Å²) in [4.78, 5) is 14.5. The topological polar surface area (TPSA) is 32.3 Å². The first-order chi connectivity index (χ1) is 12.1. The summed E-state index contributed by atoms with van der Waals surface area (Å²) in [6, 6.07) is 9.92. The van der Waals surface area contributed by atoms with E-state index < -0.39 is 4.87 Å². The molecule has 25 heavy (non-hydrogen) atoms. The molecule has 0 bridgehead atoms. The number of halogens is 1. The van der Waals surface area contributed by atoms with E-state index in [0.717, 1.165) is 50.8 Å². The molecule has 1 heterocycles. The Labute approximate surface area is 156 Å². The number of nitrogens with one attached hydrogen (secondary N) is 1. The van der Waals surface area contributed by atoms with Crippen LogP contribution < -0.4 is 5.32 Å². The molecule has 0 aromatic heterocycles. The van der Waals surface area contributed by atoms with Crippen molar-refractivity contribution in [2.75, 3.05) is 26.7 Å². The van der Waals surface area contributed by atoms with Gasteiger partial charge >= 0.3 is 0 Å². The van der Waals surface area contributed by atoms with Gasteiger partial charge in [0.15, 0.2) is 4.87 Å². The highest BCUT2D eigenvalue weighted by Crippen LogP contribution is 2.44. The second kappa shape index (κ2) is 8.37. The van der Waals surface area contributed by atoms with Crippen LogP contribution in [0.1, 0.15) is 44.1 Å². The van der Waals surface area contributed by atoms with Crippen molar-refractivity contribution in [2.45, 2.75) is 43.4 Å². The van der Waals surface area contributed by atoms with Gasteiger partial charge in [-0.1, -0.05) is 61.2 Å². The van der Waals surface area contributed by atoms with Crippen LogP contribution in [0.2, 0.25) is 0 Å². The van der Waals surface area contributed by atoms with Crippen LogP contribution in [0.3, 0.4) is 0 Å². The summed E-state index contributed by atoms with van der Waals surface area (Å²) in [5.41, 5.74) is 2.24. The minimum atomic E-state index is -0.951. The van der Waals surface area contributed by atoms with Gasteiger partial charge in [0, 0.05) is 19.6 Å². The highest BCUT2D eigenvalue weighted by Gasteiger charge is 2.45. The van der Waals surface area contributed by atoms with E-state index in [0.29, 0.717) is 6.54 Å². The molecule has 1 aliphatic carbocycles. The predicted octanol–water partition coefficient (Wildman–Crippen LogP) is 4.08. The molecular weight excluding hydrogens is 332 g/mol. The van der Waals surface area contributed by atoms with Crippen LogP contribution in [0.4, 0.5) is 0 Å². The Bertz CT molecular complexity index is 610. The average molecular weight is 361 g/mol. The molecule has 1 aliphatic heterocycles. The Morgan fingerprint density at radius 2 is 1.96 bits per heavy atom. The molecule has 4 heteroatoms. The van der Waals surface area contributed by atoms with Crippen LogP contribution >= 0.6 is 11.6 Å². The Morgan fingerprint density at radius 3 is 2.60 bits per heavy atom.